The third-order valence-corrected chi connectivity index (χ3v) is 5.20. The third kappa shape index (κ3) is 7.28. The van der Waals surface area contributed by atoms with Gasteiger partial charge in [-0.3, -0.25) is 4.79 Å². The third-order valence-electron chi connectivity index (χ3n) is 4.71. The Hall–Kier alpha value is -2.54. The van der Waals surface area contributed by atoms with Crippen LogP contribution < -0.4 is 8.92 Å². The van der Waals surface area contributed by atoms with Gasteiger partial charge in [-0.25, -0.2) is 0 Å². The van der Waals surface area contributed by atoms with Crippen molar-refractivity contribution in [3.8, 4) is 11.5 Å². The summed E-state index contributed by atoms with van der Waals surface area (Å²) in [4.78, 5) is 15.0. The number of hydrogen-bond acceptors (Lipinski definition) is 5. The fourth-order valence-corrected chi connectivity index (χ4v) is 3.68. The Balaban J connectivity index is 2.33. The van der Waals surface area contributed by atoms with Crippen LogP contribution in [0.25, 0.3) is 0 Å². The molecule has 0 bridgehead atoms. The van der Waals surface area contributed by atoms with Crippen molar-refractivity contribution in [1.82, 2.24) is 4.90 Å². The molecule has 0 aromatic heterocycles. The van der Waals surface area contributed by atoms with E-state index in [1.165, 1.54) is 7.11 Å². The van der Waals surface area contributed by atoms with Gasteiger partial charge >= 0.3 is 10.1 Å². The number of methoxy groups -OCH3 is 1. The molecule has 0 saturated carbocycles. The van der Waals surface area contributed by atoms with Crippen LogP contribution in [0.2, 0.25) is 0 Å². The number of rotatable bonds is 8. The Bertz CT molecular complexity index is 1010. The molecule has 0 N–H and O–H groups in total. The van der Waals surface area contributed by atoms with Crippen LogP contribution in [0.1, 0.15) is 56.1 Å². The minimum atomic E-state index is -3.71. The van der Waals surface area contributed by atoms with Crippen molar-refractivity contribution in [3.05, 3.63) is 59.2 Å². The first kappa shape index (κ1) is 24.7. The van der Waals surface area contributed by atoms with E-state index in [0.29, 0.717) is 24.4 Å². The lowest BCUT2D eigenvalue weighted by molar-refractivity contribution is 0.0722. The molecular weight excluding hydrogens is 414 g/mol. The highest BCUT2D eigenvalue weighted by molar-refractivity contribution is 7.86. The largest absolute Gasteiger partial charge is 0.493 e. The molecule has 0 saturated heterocycles. The number of hydrogen-bond donors (Lipinski definition) is 0. The van der Waals surface area contributed by atoms with Crippen LogP contribution in [0.4, 0.5) is 0 Å². The predicted molar refractivity (Wildman–Crippen MR) is 123 cm³/mol. The van der Waals surface area contributed by atoms with Gasteiger partial charge in [-0.1, -0.05) is 52.8 Å². The zero-order valence-corrected chi connectivity index (χ0v) is 20.2. The Kier molecular flexibility index (Phi) is 7.76. The normalized spacial score (nSPS) is 12.0. The Morgan fingerprint density at radius 3 is 2.13 bits per heavy atom. The number of carbonyl (C=O) groups excluding carboxylic acids is 1. The zero-order chi connectivity index (χ0) is 23.4. The molecule has 0 atom stereocenters. The molecule has 2 aromatic carbocycles. The van der Waals surface area contributed by atoms with Gasteiger partial charge in [0.05, 0.1) is 13.4 Å². The topological polar surface area (TPSA) is 72.9 Å². The second-order valence-electron chi connectivity index (χ2n) is 9.18. The summed E-state index contributed by atoms with van der Waals surface area (Å²) in [6, 6.07) is 12.8. The van der Waals surface area contributed by atoms with Gasteiger partial charge in [-0.2, -0.15) is 8.42 Å². The molecule has 1 amide bonds. The molecule has 7 heteroatoms. The lowest BCUT2D eigenvalue weighted by Crippen LogP contribution is -2.33. The van der Waals surface area contributed by atoms with Crippen LogP contribution in [0.15, 0.2) is 42.5 Å². The molecular formula is C24H33NO5S. The van der Waals surface area contributed by atoms with Crippen molar-refractivity contribution in [1.29, 1.82) is 0 Å². The lowest BCUT2D eigenvalue weighted by Gasteiger charge is -2.26. The summed E-state index contributed by atoms with van der Waals surface area (Å²) >= 11 is 0. The van der Waals surface area contributed by atoms with Crippen molar-refractivity contribution < 1.29 is 22.1 Å². The molecule has 0 aliphatic carbocycles. The van der Waals surface area contributed by atoms with Crippen molar-refractivity contribution in [2.75, 3.05) is 19.9 Å². The zero-order valence-electron chi connectivity index (χ0n) is 19.4. The van der Waals surface area contributed by atoms with Gasteiger partial charge in [0, 0.05) is 18.7 Å². The smallest absolute Gasteiger partial charge is 0.306 e. The summed E-state index contributed by atoms with van der Waals surface area (Å²) in [5.74, 6) is 0.612. The maximum absolute atomic E-state index is 13.3. The molecule has 31 heavy (non-hydrogen) atoms. The van der Waals surface area contributed by atoms with E-state index in [1.54, 1.807) is 23.1 Å². The first-order valence-electron chi connectivity index (χ1n) is 10.3. The van der Waals surface area contributed by atoms with Crippen LogP contribution >= 0.6 is 0 Å². The van der Waals surface area contributed by atoms with Crippen LogP contribution in [0.3, 0.4) is 0 Å². The quantitative estimate of drug-likeness (QED) is 0.552. The van der Waals surface area contributed by atoms with Crippen LogP contribution in [0.5, 0.6) is 11.5 Å². The number of nitrogens with zero attached hydrogens (tertiary/aromatic N) is 1. The van der Waals surface area contributed by atoms with Gasteiger partial charge < -0.3 is 13.8 Å². The van der Waals surface area contributed by atoms with E-state index in [0.717, 1.165) is 17.4 Å². The minimum absolute atomic E-state index is 0.0122. The van der Waals surface area contributed by atoms with E-state index >= 15 is 0 Å². The summed E-state index contributed by atoms with van der Waals surface area (Å²) < 4.78 is 33.5. The molecule has 0 spiro atoms. The fourth-order valence-electron chi connectivity index (χ4n) is 3.22. The van der Waals surface area contributed by atoms with Gasteiger partial charge in [-0.05, 0) is 46.7 Å². The maximum Gasteiger partial charge on any atom is 0.306 e. The molecule has 0 fully saturated rings. The molecule has 2 rings (SSSR count). The Morgan fingerprint density at radius 1 is 1.03 bits per heavy atom. The molecule has 0 unspecified atom stereocenters. The van der Waals surface area contributed by atoms with Crippen LogP contribution in [-0.2, 0) is 22.1 Å². The molecule has 0 radical (unpaired) electrons. The van der Waals surface area contributed by atoms with Crippen molar-refractivity contribution in [3.63, 3.8) is 0 Å². The second-order valence-corrected chi connectivity index (χ2v) is 10.8. The van der Waals surface area contributed by atoms with Crippen molar-refractivity contribution in [2.24, 2.45) is 5.92 Å². The number of benzene rings is 2. The standard InChI is InChI=1S/C24H33NO5S/c1-17(2)15-25(23(26)19-9-11-20(12-10-19)24(3,4)5)16-18-8-13-21(29-6)22(14-18)30-31(7,27)28/h8-14,17H,15-16H2,1-7H3. The summed E-state index contributed by atoms with van der Waals surface area (Å²) in [5.41, 5.74) is 2.55. The predicted octanol–water partition coefficient (Wildman–Crippen LogP) is 4.63. The van der Waals surface area contributed by atoms with Crippen molar-refractivity contribution in [2.45, 2.75) is 46.6 Å². The van der Waals surface area contributed by atoms with Gasteiger partial charge in [0.15, 0.2) is 11.5 Å². The molecule has 0 aliphatic heterocycles. The fraction of sp³-hybridized carbons (Fsp3) is 0.458. The van der Waals surface area contributed by atoms with Gasteiger partial charge in [0.25, 0.3) is 5.91 Å². The highest BCUT2D eigenvalue weighted by Gasteiger charge is 2.20. The average molecular weight is 448 g/mol. The van der Waals surface area contributed by atoms with Crippen LogP contribution in [0, 0.1) is 5.92 Å². The minimum Gasteiger partial charge on any atom is -0.493 e. The second kappa shape index (κ2) is 9.73. The number of carbonyl (C=O) groups is 1. The average Bonchev–Trinajstić information content (AvgIpc) is 2.65. The van der Waals surface area contributed by atoms with Gasteiger partial charge in [0.2, 0.25) is 0 Å². The van der Waals surface area contributed by atoms with Gasteiger partial charge in [0.1, 0.15) is 0 Å². The first-order chi connectivity index (χ1) is 14.3. The van der Waals surface area contributed by atoms with Gasteiger partial charge in [-0.15, -0.1) is 0 Å². The summed E-state index contributed by atoms with van der Waals surface area (Å²) in [7, 11) is -2.27. The van der Waals surface area contributed by atoms with E-state index in [9.17, 15) is 13.2 Å². The summed E-state index contributed by atoms with van der Waals surface area (Å²) in [6.45, 7) is 11.4. The van der Waals surface area contributed by atoms with Crippen molar-refractivity contribution >= 4 is 16.0 Å². The molecule has 6 nitrogen and oxygen atoms in total. The monoisotopic (exact) mass is 447 g/mol. The summed E-state index contributed by atoms with van der Waals surface area (Å²) in [5, 5.41) is 0. The molecule has 170 valence electrons. The number of ether oxygens (including phenoxy) is 1. The highest BCUT2D eigenvalue weighted by atomic mass is 32.2. The van der Waals surface area contributed by atoms with E-state index < -0.39 is 10.1 Å². The highest BCUT2D eigenvalue weighted by Crippen LogP contribution is 2.30. The lowest BCUT2D eigenvalue weighted by atomic mass is 9.86. The Morgan fingerprint density at radius 2 is 1.65 bits per heavy atom. The molecule has 0 heterocycles. The number of amides is 1. The van der Waals surface area contributed by atoms with E-state index in [-0.39, 0.29) is 23.0 Å². The molecule has 2 aromatic rings. The van der Waals surface area contributed by atoms with Crippen LogP contribution in [-0.4, -0.2) is 39.1 Å². The molecule has 0 aliphatic rings. The maximum atomic E-state index is 13.3. The Labute approximate surface area is 186 Å². The first-order valence-corrected chi connectivity index (χ1v) is 12.1. The summed E-state index contributed by atoms with van der Waals surface area (Å²) in [6.07, 6.45) is 0.981. The SMILES string of the molecule is COc1ccc(CN(CC(C)C)C(=O)c2ccc(C(C)(C)C)cc2)cc1OS(C)(=O)=O. The van der Waals surface area contributed by atoms with E-state index in [1.807, 2.05) is 24.3 Å². The van der Waals surface area contributed by atoms with E-state index in [2.05, 4.69) is 34.6 Å². The van der Waals surface area contributed by atoms with E-state index in [4.69, 9.17) is 8.92 Å².